The molecule has 24 heavy (non-hydrogen) atoms. The zero-order chi connectivity index (χ0) is 16.8. The number of thiophene rings is 2. The molecule has 4 heterocycles. The van der Waals surface area contributed by atoms with Crippen molar-refractivity contribution in [2.24, 2.45) is 0 Å². The molecule has 4 aromatic rings. The summed E-state index contributed by atoms with van der Waals surface area (Å²) < 4.78 is 2.40. The molecule has 0 aromatic carbocycles. The van der Waals surface area contributed by atoms with Gasteiger partial charge in [-0.1, -0.05) is 0 Å². The number of aryl methyl sites for hydroxylation is 2. The predicted molar refractivity (Wildman–Crippen MR) is 92.3 cm³/mol. The van der Waals surface area contributed by atoms with E-state index in [0.29, 0.717) is 21.0 Å². The van der Waals surface area contributed by atoms with Crippen LogP contribution in [-0.2, 0) is 6.54 Å². The van der Waals surface area contributed by atoms with Crippen molar-refractivity contribution in [3.8, 4) is 5.00 Å². The average Bonchev–Trinajstić information content (AvgIpc) is 3.23. The van der Waals surface area contributed by atoms with Gasteiger partial charge in [-0.3, -0.25) is 4.79 Å². The maximum Gasteiger partial charge on any atom is 0.369 e. The molecule has 0 spiro atoms. The summed E-state index contributed by atoms with van der Waals surface area (Å²) in [7, 11) is 0. The van der Waals surface area contributed by atoms with E-state index >= 15 is 0 Å². The van der Waals surface area contributed by atoms with E-state index in [1.54, 1.807) is 6.07 Å². The smallest absolute Gasteiger partial charge is 0.308 e. The first kappa shape index (κ1) is 15.0. The van der Waals surface area contributed by atoms with Crippen molar-refractivity contribution >= 4 is 32.9 Å². The van der Waals surface area contributed by atoms with Crippen LogP contribution in [0.5, 0.6) is 0 Å². The first-order valence-electron chi connectivity index (χ1n) is 7.10. The second-order valence-electron chi connectivity index (χ2n) is 5.26. The monoisotopic (exact) mass is 360 g/mol. The van der Waals surface area contributed by atoms with E-state index in [1.807, 2.05) is 25.3 Å². The van der Waals surface area contributed by atoms with Crippen molar-refractivity contribution in [1.82, 2.24) is 29.8 Å². The molecule has 1 N–H and O–H groups in total. The summed E-state index contributed by atoms with van der Waals surface area (Å²) >= 11 is 2.86. The molecule has 0 amide bonds. The molecular formula is C14H12N6O2S2. The van der Waals surface area contributed by atoms with Gasteiger partial charge in [0.25, 0.3) is 5.56 Å². The molecule has 4 aromatic heterocycles. The van der Waals surface area contributed by atoms with Gasteiger partial charge in [0.2, 0.25) is 0 Å². The largest absolute Gasteiger partial charge is 0.369 e. The summed E-state index contributed by atoms with van der Waals surface area (Å²) in [6, 6.07) is 3.62. The third kappa shape index (κ3) is 2.31. The van der Waals surface area contributed by atoms with Crippen molar-refractivity contribution in [2.45, 2.75) is 20.4 Å². The summed E-state index contributed by atoms with van der Waals surface area (Å²) in [5.41, 5.74) is 0.366. The van der Waals surface area contributed by atoms with Crippen molar-refractivity contribution < 1.29 is 0 Å². The molecule has 0 aliphatic carbocycles. The number of nitrogens with zero attached hydrogens (tertiary/aromatic N) is 5. The van der Waals surface area contributed by atoms with Gasteiger partial charge in [-0.05, 0) is 47.4 Å². The minimum absolute atomic E-state index is 0.0609. The maximum absolute atomic E-state index is 12.4. The average molecular weight is 360 g/mol. The molecule has 0 aliphatic heterocycles. The minimum Gasteiger partial charge on any atom is -0.308 e. The maximum atomic E-state index is 12.4. The van der Waals surface area contributed by atoms with Crippen molar-refractivity contribution in [1.29, 1.82) is 0 Å². The highest BCUT2D eigenvalue weighted by molar-refractivity contribution is 7.18. The fourth-order valence-electron chi connectivity index (χ4n) is 2.42. The van der Waals surface area contributed by atoms with Gasteiger partial charge in [0, 0.05) is 4.88 Å². The number of hydrogen-bond donors (Lipinski definition) is 1. The van der Waals surface area contributed by atoms with Crippen LogP contribution in [0.1, 0.15) is 16.3 Å². The van der Waals surface area contributed by atoms with Gasteiger partial charge in [0.05, 0.1) is 5.39 Å². The van der Waals surface area contributed by atoms with Crippen LogP contribution in [0.3, 0.4) is 0 Å². The van der Waals surface area contributed by atoms with Crippen LogP contribution in [0, 0.1) is 13.8 Å². The number of aromatic nitrogens is 6. The summed E-state index contributed by atoms with van der Waals surface area (Å²) in [4.78, 5) is 33.6. The highest BCUT2D eigenvalue weighted by Gasteiger charge is 2.14. The third-order valence-corrected chi connectivity index (χ3v) is 5.69. The fraction of sp³-hybridized carbons (Fsp3) is 0.214. The molecule has 0 aliphatic rings. The Bertz CT molecular complexity index is 1150. The van der Waals surface area contributed by atoms with Crippen molar-refractivity contribution in [3.05, 3.63) is 54.6 Å². The second-order valence-corrected chi connectivity index (χ2v) is 7.39. The Kier molecular flexibility index (Phi) is 3.43. The van der Waals surface area contributed by atoms with E-state index in [9.17, 15) is 9.59 Å². The molecule has 0 radical (unpaired) electrons. The number of tetrazole rings is 1. The molecule has 0 saturated carbocycles. The van der Waals surface area contributed by atoms with E-state index in [2.05, 4.69) is 20.4 Å². The standard InChI is InChI=1S/C14H12N6O2S2/c1-7-8(2)24-13-11(7)12(21)15-9(16-13)6-19-14(22)20(18-17-19)10-4-3-5-23-10/h3-5H,6H2,1-2H3,(H,15,16,21). The first-order chi connectivity index (χ1) is 11.5. The number of fused-ring (bicyclic) bond motifs is 1. The van der Waals surface area contributed by atoms with Crippen LogP contribution in [0.2, 0.25) is 0 Å². The number of aromatic amines is 1. The van der Waals surface area contributed by atoms with E-state index in [0.717, 1.165) is 10.4 Å². The van der Waals surface area contributed by atoms with Gasteiger partial charge in [0.1, 0.15) is 22.2 Å². The lowest BCUT2D eigenvalue weighted by molar-refractivity contribution is 0.609. The van der Waals surface area contributed by atoms with Gasteiger partial charge >= 0.3 is 5.69 Å². The molecule has 0 saturated heterocycles. The SMILES string of the molecule is Cc1sc2nc(Cn3nnn(-c4cccs4)c3=O)[nH]c(=O)c2c1C. The van der Waals surface area contributed by atoms with E-state index in [-0.39, 0.29) is 17.8 Å². The van der Waals surface area contributed by atoms with Gasteiger partial charge in [-0.2, -0.15) is 9.36 Å². The summed E-state index contributed by atoms with van der Waals surface area (Å²) in [5, 5.41) is 10.9. The zero-order valence-electron chi connectivity index (χ0n) is 12.8. The van der Waals surface area contributed by atoms with E-state index < -0.39 is 0 Å². The first-order valence-corrected chi connectivity index (χ1v) is 8.80. The normalized spacial score (nSPS) is 11.4. The quantitative estimate of drug-likeness (QED) is 0.596. The van der Waals surface area contributed by atoms with E-state index in [4.69, 9.17) is 0 Å². The Balaban J connectivity index is 1.75. The van der Waals surface area contributed by atoms with Crippen LogP contribution < -0.4 is 11.2 Å². The molecule has 4 rings (SSSR count). The lowest BCUT2D eigenvalue weighted by Crippen LogP contribution is -2.26. The molecule has 8 nitrogen and oxygen atoms in total. The molecule has 10 heteroatoms. The molecule has 0 bridgehead atoms. The summed E-state index contributed by atoms with van der Waals surface area (Å²) in [5.74, 6) is 0.383. The molecule has 0 fully saturated rings. The molecule has 122 valence electrons. The van der Waals surface area contributed by atoms with Crippen molar-refractivity contribution in [3.63, 3.8) is 0 Å². The zero-order valence-corrected chi connectivity index (χ0v) is 14.4. The Morgan fingerprint density at radius 3 is 2.83 bits per heavy atom. The second kappa shape index (κ2) is 5.49. The van der Waals surface area contributed by atoms with Gasteiger partial charge in [0.15, 0.2) is 0 Å². The molecular weight excluding hydrogens is 348 g/mol. The van der Waals surface area contributed by atoms with Crippen LogP contribution >= 0.6 is 22.7 Å². The lowest BCUT2D eigenvalue weighted by atomic mass is 10.2. The van der Waals surface area contributed by atoms with Crippen LogP contribution in [-0.4, -0.2) is 29.8 Å². The molecule has 0 unspecified atom stereocenters. The Morgan fingerprint density at radius 2 is 2.08 bits per heavy atom. The van der Waals surface area contributed by atoms with E-state index in [1.165, 1.54) is 32.0 Å². The van der Waals surface area contributed by atoms with Crippen LogP contribution in [0.25, 0.3) is 15.2 Å². The van der Waals surface area contributed by atoms with Crippen LogP contribution in [0.4, 0.5) is 0 Å². The summed E-state index contributed by atoms with van der Waals surface area (Å²) in [6.45, 7) is 3.92. The van der Waals surface area contributed by atoms with Gasteiger partial charge in [-0.25, -0.2) is 9.78 Å². The van der Waals surface area contributed by atoms with Crippen LogP contribution in [0.15, 0.2) is 27.1 Å². The fourth-order valence-corrected chi connectivity index (χ4v) is 4.14. The Morgan fingerprint density at radius 1 is 1.25 bits per heavy atom. The lowest BCUT2D eigenvalue weighted by Gasteiger charge is -1.99. The number of nitrogens with one attached hydrogen (secondary N) is 1. The number of hydrogen-bond acceptors (Lipinski definition) is 7. The van der Waals surface area contributed by atoms with Gasteiger partial charge < -0.3 is 4.98 Å². The Labute approximate surface area is 143 Å². The minimum atomic E-state index is -0.376. The summed E-state index contributed by atoms with van der Waals surface area (Å²) in [6.07, 6.45) is 0. The predicted octanol–water partition coefficient (Wildman–Crippen LogP) is 1.45. The third-order valence-electron chi connectivity index (χ3n) is 3.74. The number of H-pyrrole nitrogens is 1. The highest BCUT2D eigenvalue weighted by Crippen LogP contribution is 2.25. The number of rotatable bonds is 3. The van der Waals surface area contributed by atoms with Crippen molar-refractivity contribution in [2.75, 3.05) is 0 Å². The topological polar surface area (TPSA) is 98.5 Å². The molecule has 0 atom stereocenters. The Hall–Kier alpha value is -2.59. The highest BCUT2D eigenvalue weighted by atomic mass is 32.1. The van der Waals surface area contributed by atoms with Gasteiger partial charge in [-0.15, -0.1) is 22.7 Å².